The van der Waals surface area contributed by atoms with E-state index in [4.69, 9.17) is 5.11 Å². The Labute approximate surface area is 125 Å². The number of likely N-dealkylation sites (N-methyl/N-ethyl adjacent to an activating group) is 1. The van der Waals surface area contributed by atoms with Crippen molar-refractivity contribution in [2.75, 3.05) is 26.7 Å². The first kappa shape index (κ1) is 14.1. The first-order valence-electron chi connectivity index (χ1n) is 7.48. The molecule has 0 fully saturated rings. The van der Waals surface area contributed by atoms with Gasteiger partial charge in [0.2, 0.25) is 0 Å². The minimum atomic E-state index is 0.215. The van der Waals surface area contributed by atoms with Gasteiger partial charge in [-0.3, -0.25) is 0 Å². The number of nitrogens with zero attached hydrogens (tertiary/aromatic N) is 1. The Bertz CT molecular complexity index is 697. The summed E-state index contributed by atoms with van der Waals surface area (Å²) in [5, 5.41) is 14.3. The van der Waals surface area contributed by atoms with Crippen molar-refractivity contribution in [2.24, 2.45) is 0 Å². The lowest BCUT2D eigenvalue weighted by Gasteiger charge is -2.17. The summed E-state index contributed by atoms with van der Waals surface area (Å²) in [5.41, 5.74) is 1.41. The van der Waals surface area contributed by atoms with Crippen LogP contribution in [-0.4, -0.2) is 36.8 Å². The number of hydrogen-bond donors (Lipinski definition) is 1. The van der Waals surface area contributed by atoms with Gasteiger partial charge in [0.25, 0.3) is 0 Å². The minimum Gasteiger partial charge on any atom is -0.395 e. The SMILES string of the molecule is CN(CCO)CCc1c2ccccc2cc2ccccc12. The van der Waals surface area contributed by atoms with E-state index in [1.54, 1.807) is 0 Å². The quantitative estimate of drug-likeness (QED) is 0.723. The van der Waals surface area contributed by atoms with E-state index in [0.717, 1.165) is 19.5 Å². The number of hydrogen-bond acceptors (Lipinski definition) is 2. The summed E-state index contributed by atoms with van der Waals surface area (Å²) in [7, 11) is 2.06. The molecule has 3 aromatic rings. The summed E-state index contributed by atoms with van der Waals surface area (Å²) in [4.78, 5) is 2.18. The lowest BCUT2D eigenvalue weighted by Crippen LogP contribution is -2.24. The maximum absolute atomic E-state index is 9.04. The van der Waals surface area contributed by atoms with Gasteiger partial charge in [-0.1, -0.05) is 48.5 Å². The number of aliphatic hydroxyl groups excluding tert-OH is 1. The van der Waals surface area contributed by atoms with Crippen LogP contribution in [0.1, 0.15) is 5.56 Å². The van der Waals surface area contributed by atoms with Crippen molar-refractivity contribution in [1.82, 2.24) is 4.90 Å². The Morgan fingerprint density at radius 1 is 0.857 bits per heavy atom. The number of rotatable bonds is 5. The van der Waals surface area contributed by atoms with Crippen molar-refractivity contribution in [1.29, 1.82) is 0 Å². The van der Waals surface area contributed by atoms with E-state index in [-0.39, 0.29) is 6.61 Å². The highest BCUT2D eigenvalue weighted by atomic mass is 16.3. The smallest absolute Gasteiger partial charge is 0.0558 e. The first-order chi connectivity index (χ1) is 10.3. The molecule has 0 aliphatic carbocycles. The third-order valence-electron chi connectivity index (χ3n) is 4.11. The zero-order chi connectivity index (χ0) is 14.7. The Kier molecular flexibility index (Phi) is 4.18. The summed E-state index contributed by atoms with van der Waals surface area (Å²) < 4.78 is 0. The van der Waals surface area contributed by atoms with E-state index in [0.29, 0.717) is 0 Å². The molecule has 0 unspecified atom stereocenters. The molecule has 3 rings (SSSR count). The second kappa shape index (κ2) is 6.25. The van der Waals surface area contributed by atoms with Gasteiger partial charge in [-0.15, -0.1) is 0 Å². The van der Waals surface area contributed by atoms with Gasteiger partial charge in [-0.05, 0) is 46.6 Å². The molecule has 0 bridgehead atoms. The molecule has 0 heterocycles. The maximum Gasteiger partial charge on any atom is 0.0558 e. The maximum atomic E-state index is 9.04. The Balaban J connectivity index is 2.07. The van der Waals surface area contributed by atoms with E-state index < -0.39 is 0 Å². The monoisotopic (exact) mass is 279 g/mol. The van der Waals surface area contributed by atoms with Crippen molar-refractivity contribution in [3.63, 3.8) is 0 Å². The third-order valence-corrected chi connectivity index (χ3v) is 4.11. The molecule has 0 saturated heterocycles. The predicted octanol–water partition coefficient (Wildman–Crippen LogP) is 3.46. The first-order valence-corrected chi connectivity index (χ1v) is 7.48. The van der Waals surface area contributed by atoms with Crippen molar-refractivity contribution in [3.05, 3.63) is 60.2 Å². The van der Waals surface area contributed by atoms with Gasteiger partial charge in [-0.2, -0.15) is 0 Å². The number of aliphatic hydroxyl groups is 1. The van der Waals surface area contributed by atoms with Crippen LogP contribution in [0.4, 0.5) is 0 Å². The summed E-state index contributed by atoms with van der Waals surface area (Å²) in [5.74, 6) is 0. The molecule has 108 valence electrons. The van der Waals surface area contributed by atoms with E-state index in [1.807, 2.05) is 0 Å². The van der Waals surface area contributed by atoms with Crippen molar-refractivity contribution < 1.29 is 5.11 Å². The molecule has 0 radical (unpaired) electrons. The van der Waals surface area contributed by atoms with Gasteiger partial charge in [0, 0.05) is 13.1 Å². The number of benzene rings is 3. The van der Waals surface area contributed by atoms with E-state index in [1.165, 1.54) is 27.1 Å². The average molecular weight is 279 g/mol. The largest absolute Gasteiger partial charge is 0.395 e. The van der Waals surface area contributed by atoms with Crippen LogP contribution in [-0.2, 0) is 6.42 Å². The van der Waals surface area contributed by atoms with Crippen LogP contribution in [0.25, 0.3) is 21.5 Å². The molecule has 0 spiro atoms. The molecule has 0 atom stereocenters. The fourth-order valence-electron chi connectivity index (χ4n) is 2.96. The van der Waals surface area contributed by atoms with Gasteiger partial charge < -0.3 is 10.0 Å². The topological polar surface area (TPSA) is 23.5 Å². The normalized spacial score (nSPS) is 11.6. The summed E-state index contributed by atoms with van der Waals surface area (Å²) in [6, 6.07) is 19.5. The Morgan fingerprint density at radius 3 is 2.00 bits per heavy atom. The van der Waals surface area contributed by atoms with Gasteiger partial charge in [0.1, 0.15) is 0 Å². The van der Waals surface area contributed by atoms with Crippen LogP contribution in [0, 0.1) is 0 Å². The number of fused-ring (bicyclic) bond motifs is 2. The minimum absolute atomic E-state index is 0.215. The van der Waals surface area contributed by atoms with E-state index in [2.05, 4.69) is 66.5 Å². The zero-order valence-corrected chi connectivity index (χ0v) is 12.4. The van der Waals surface area contributed by atoms with E-state index in [9.17, 15) is 0 Å². The van der Waals surface area contributed by atoms with Crippen LogP contribution in [0.5, 0.6) is 0 Å². The summed E-state index contributed by atoms with van der Waals surface area (Å²) >= 11 is 0. The van der Waals surface area contributed by atoms with Gasteiger partial charge >= 0.3 is 0 Å². The Morgan fingerprint density at radius 2 is 1.43 bits per heavy atom. The molecule has 0 saturated carbocycles. The average Bonchev–Trinajstić information content (AvgIpc) is 2.51. The molecule has 2 nitrogen and oxygen atoms in total. The summed E-state index contributed by atoms with van der Waals surface area (Å²) in [6.45, 7) is 1.90. The van der Waals surface area contributed by atoms with Gasteiger partial charge in [-0.25, -0.2) is 0 Å². The highest BCUT2D eigenvalue weighted by Crippen LogP contribution is 2.28. The molecular weight excluding hydrogens is 258 g/mol. The fraction of sp³-hybridized carbons (Fsp3) is 0.263. The summed E-state index contributed by atoms with van der Waals surface area (Å²) in [6.07, 6.45) is 0.998. The van der Waals surface area contributed by atoms with Crippen LogP contribution < -0.4 is 0 Å². The molecule has 0 aliphatic heterocycles. The van der Waals surface area contributed by atoms with E-state index >= 15 is 0 Å². The van der Waals surface area contributed by atoms with Gasteiger partial charge in [0.15, 0.2) is 0 Å². The van der Waals surface area contributed by atoms with Crippen LogP contribution in [0.2, 0.25) is 0 Å². The zero-order valence-electron chi connectivity index (χ0n) is 12.4. The van der Waals surface area contributed by atoms with Crippen LogP contribution in [0.15, 0.2) is 54.6 Å². The lowest BCUT2D eigenvalue weighted by atomic mass is 9.95. The highest BCUT2D eigenvalue weighted by molar-refractivity contribution is 6.02. The molecule has 0 aromatic heterocycles. The molecule has 0 amide bonds. The van der Waals surface area contributed by atoms with Crippen LogP contribution >= 0.6 is 0 Å². The lowest BCUT2D eigenvalue weighted by molar-refractivity contribution is 0.223. The molecule has 3 aromatic carbocycles. The third kappa shape index (κ3) is 2.92. The van der Waals surface area contributed by atoms with Crippen molar-refractivity contribution in [2.45, 2.75) is 6.42 Å². The Hall–Kier alpha value is -1.90. The highest BCUT2D eigenvalue weighted by Gasteiger charge is 2.08. The molecule has 0 aliphatic rings. The molecule has 21 heavy (non-hydrogen) atoms. The molecule has 1 N–H and O–H groups in total. The van der Waals surface area contributed by atoms with Crippen molar-refractivity contribution in [3.8, 4) is 0 Å². The fourth-order valence-corrected chi connectivity index (χ4v) is 2.96. The van der Waals surface area contributed by atoms with Crippen molar-refractivity contribution >= 4 is 21.5 Å². The molecular formula is C19H21NO. The standard InChI is InChI=1S/C19H21NO/c1-20(12-13-21)11-10-19-17-8-4-2-6-15(17)14-16-7-3-5-9-18(16)19/h2-9,14,21H,10-13H2,1H3. The molecule has 2 heteroatoms. The van der Waals surface area contributed by atoms with Crippen LogP contribution in [0.3, 0.4) is 0 Å². The second-order valence-electron chi connectivity index (χ2n) is 5.57. The van der Waals surface area contributed by atoms with Gasteiger partial charge in [0.05, 0.1) is 6.61 Å². The predicted molar refractivity (Wildman–Crippen MR) is 89.7 cm³/mol. The second-order valence-corrected chi connectivity index (χ2v) is 5.57.